The minimum atomic E-state index is -0.799. The van der Waals surface area contributed by atoms with Crippen molar-refractivity contribution >= 4 is 22.9 Å². The Hall–Kier alpha value is -3.22. The maximum Gasteiger partial charge on any atom is 0.328 e. The number of amides is 1. The molecule has 0 radical (unpaired) electrons. The number of esters is 1. The third kappa shape index (κ3) is 4.45. The van der Waals surface area contributed by atoms with Gasteiger partial charge >= 0.3 is 5.97 Å². The Morgan fingerprint density at radius 2 is 1.90 bits per heavy atom. The van der Waals surface area contributed by atoms with Gasteiger partial charge in [-0.1, -0.05) is 32.9 Å². The summed E-state index contributed by atoms with van der Waals surface area (Å²) in [6, 6.07) is 8.93. The van der Waals surface area contributed by atoms with Crippen molar-refractivity contribution in [2.45, 2.75) is 33.4 Å². The highest BCUT2D eigenvalue weighted by atomic mass is 19.1. The highest BCUT2D eigenvalue weighted by Crippen LogP contribution is 2.24. The smallest absolute Gasteiger partial charge is 0.328 e. The molecule has 3 aromatic rings. The van der Waals surface area contributed by atoms with E-state index >= 15 is 0 Å². The Bertz CT molecular complexity index is 1040. The first-order chi connectivity index (χ1) is 13.7. The number of nitrogens with zero attached hydrogens (tertiary/aromatic N) is 2. The van der Waals surface area contributed by atoms with E-state index in [1.54, 1.807) is 30.6 Å². The van der Waals surface area contributed by atoms with E-state index in [1.807, 2.05) is 31.4 Å². The molecule has 0 fully saturated rings. The average Bonchev–Trinajstić information content (AvgIpc) is 3.05. The second-order valence-corrected chi connectivity index (χ2v) is 7.97. The van der Waals surface area contributed by atoms with E-state index in [-0.39, 0.29) is 11.7 Å². The number of methoxy groups -OCH3 is 1. The molecule has 0 saturated heterocycles. The number of hydrogen-bond donors (Lipinski definition) is 1. The second kappa shape index (κ2) is 8.03. The molecule has 3 rings (SSSR count). The van der Waals surface area contributed by atoms with Crippen LogP contribution in [-0.4, -0.2) is 34.6 Å². The highest BCUT2D eigenvalue weighted by Gasteiger charge is 2.34. The highest BCUT2D eigenvalue weighted by molar-refractivity contribution is 6.07. The maximum absolute atomic E-state index is 13.2. The Labute approximate surface area is 168 Å². The van der Waals surface area contributed by atoms with Crippen LogP contribution in [0.1, 0.15) is 36.7 Å². The van der Waals surface area contributed by atoms with E-state index in [1.165, 1.54) is 19.2 Å². The molecule has 152 valence electrons. The van der Waals surface area contributed by atoms with Gasteiger partial charge < -0.3 is 14.6 Å². The summed E-state index contributed by atoms with van der Waals surface area (Å²) in [4.78, 5) is 29.6. The number of nitrogens with one attached hydrogen (secondary N) is 1. The van der Waals surface area contributed by atoms with E-state index in [4.69, 9.17) is 4.74 Å². The van der Waals surface area contributed by atoms with Crippen molar-refractivity contribution in [2.75, 3.05) is 7.11 Å². The molecule has 2 aromatic heterocycles. The van der Waals surface area contributed by atoms with Crippen LogP contribution in [-0.2, 0) is 16.1 Å². The minimum Gasteiger partial charge on any atom is -0.467 e. The van der Waals surface area contributed by atoms with Gasteiger partial charge in [-0.2, -0.15) is 0 Å². The average molecular weight is 397 g/mol. The molecule has 1 N–H and O–H groups in total. The van der Waals surface area contributed by atoms with Gasteiger partial charge in [-0.15, -0.1) is 0 Å². The molecule has 0 spiro atoms. The number of carbonyl (C=O) groups excluding carboxylic acids is 2. The number of carbonyl (C=O) groups is 2. The second-order valence-electron chi connectivity index (χ2n) is 7.97. The molecule has 1 amide bonds. The van der Waals surface area contributed by atoms with E-state index in [9.17, 15) is 14.0 Å². The normalized spacial score (nSPS) is 12.6. The summed E-state index contributed by atoms with van der Waals surface area (Å²) < 4.78 is 19.9. The lowest BCUT2D eigenvalue weighted by atomic mass is 9.86. The first kappa shape index (κ1) is 20.5. The first-order valence-electron chi connectivity index (χ1n) is 9.27. The number of aromatic nitrogens is 2. The number of pyridine rings is 1. The molecule has 7 heteroatoms. The molecule has 1 aromatic carbocycles. The molecular formula is C22H24FN3O3. The van der Waals surface area contributed by atoms with E-state index in [2.05, 4.69) is 10.3 Å². The molecule has 0 unspecified atom stereocenters. The number of fused-ring (bicyclic) bond motifs is 1. The molecule has 29 heavy (non-hydrogen) atoms. The Kier molecular flexibility index (Phi) is 5.68. The minimum absolute atomic E-state index is 0.305. The molecule has 2 heterocycles. The lowest BCUT2D eigenvalue weighted by Gasteiger charge is -2.28. The maximum atomic E-state index is 13.2. The third-order valence-electron chi connectivity index (χ3n) is 4.72. The lowest BCUT2D eigenvalue weighted by molar-refractivity contribution is -0.145. The molecule has 0 saturated carbocycles. The summed E-state index contributed by atoms with van der Waals surface area (Å²) in [5.41, 5.74) is 1.40. The molecule has 1 atom stereocenters. The van der Waals surface area contributed by atoms with E-state index in [0.29, 0.717) is 23.1 Å². The Balaban J connectivity index is 1.96. The zero-order valence-corrected chi connectivity index (χ0v) is 16.9. The first-order valence-corrected chi connectivity index (χ1v) is 9.27. The fourth-order valence-electron chi connectivity index (χ4n) is 3.17. The lowest BCUT2D eigenvalue weighted by Crippen LogP contribution is -2.49. The fourth-order valence-corrected chi connectivity index (χ4v) is 3.17. The molecular weight excluding hydrogens is 373 g/mol. The van der Waals surface area contributed by atoms with Gasteiger partial charge in [0.2, 0.25) is 0 Å². The Morgan fingerprint density at radius 1 is 1.21 bits per heavy atom. The summed E-state index contributed by atoms with van der Waals surface area (Å²) >= 11 is 0. The van der Waals surface area contributed by atoms with Crippen molar-refractivity contribution in [3.8, 4) is 0 Å². The summed E-state index contributed by atoms with van der Waals surface area (Å²) in [5.74, 6) is -1.19. The third-order valence-corrected chi connectivity index (χ3v) is 4.72. The largest absolute Gasteiger partial charge is 0.467 e. The summed E-state index contributed by atoms with van der Waals surface area (Å²) in [6.45, 7) is 6.00. The van der Waals surface area contributed by atoms with Gasteiger partial charge in [-0.05, 0) is 35.2 Å². The van der Waals surface area contributed by atoms with Gasteiger partial charge in [0.05, 0.1) is 12.7 Å². The van der Waals surface area contributed by atoms with Crippen LogP contribution >= 0.6 is 0 Å². The van der Waals surface area contributed by atoms with E-state index < -0.39 is 17.4 Å². The van der Waals surface area contributed by atoms with Crippen LogP contribution in [0.3, 0.4) is 0 Å². The van der Waals surface area contributed by atoms with Gasteiger partial charge in [-0.3, -0.25) is 4.79 Å². The van der Waals surface area contributed by atoms with Crippen LogP contribution in [0.25, 0.3) is 11.0 Å². The number of benzene rings is 1. The zero-order valence-electron chi connectivity index (χ0n) is 16.9. The van der Waals surface area contributed by atoms with Crippen molar-refractivity contribution < 1.29 is 18.7 Å². The molecule has 6 nitrogen and oxygen atoms in total. The van der Waals surface area contributed by atoms with Crippen molar-refractivity contribution in [1.82, 2.24) is 14.9 Å². The summed E-state index contributed by atoms with van der Waals surface area (Å²) in [5, 5.41) is 3.47. The fraction of sp³-hybridized carbons (Fsp3) is 0.318. The van der Waals surface area contributed by atoms with Gasteiger partial charge in [-0.25, -0.2) is 14.2 Å². The van der Waals surface area contributed by atoms with Crippen molar-refractivity contribution in [1.29, 1.82) is 0 Å². The topological polar surface area (TPSA) is 73.2 Å². The number of ether oxygens (including phenoxy) is 1. The van der Waals surface area contributed by atoms with Crippen LogP contribution in [0.5, 0.6) is 0 Å². The van der Waals surface area contributed by atoms with Crippen molar-refractivity contribution in [3.05, 3.63) is 65.7 Å². The Morgan fingerprint density at radius 3 is 2.52 bits per heavy atom. The van der Waals surface area contributed by atoms with Crippen molar-refractivity contribution in [2.24, 2.45) is 5.41 Å². The van der Waals surface area contributed by atoms with Gasteiger partial charge in [0, 0.05) is 24.3 Å². The number of hydrogen-bond acceptors (Lipinski definition) is 4. The summed E-state index contributed by atoms with van der Waals surface area (Å²) in [6.07, 6.45) is 3.35. The number of rotatable bonds is 5. The molecule has 0 aliphatic heterocycles. The van der Waals surface area contributed by atoms with Crippen LogP contribution in [0, 0.1) is 11.2 Å². The van der Waals surface area contributed by atoms with Crippen LogP contribution in [0.2, 0.25) is 0 Å². The van der Waals surface area contributed by atoms with Gasteiger partial charge in [0.15, 0.2) is 0 Å². The molecule has 0 bridgehead atoms. The van der Waals surface area contributed by atoms with Crippen molar-refractivity contribution in [3.63, 3.8) is 0 Å². The number of halogens is 1. The predicted octanol–water partition coefficient (Wildman–Crippen LogP) is 3.54. The van der Waals surface area contributed by atoms with Crippen LogP contribution in [0.15, 0.2) is 48.8 Å². The van der Waals surface area contributed by atoms with Gasteiger partial charge in [0.25, 0.3) is 5.91 Å². The zero-order chi connectivity index (χ0) is 21.2. The molecule has 0 aliphatic carbocycles. The van der Waals surface area contributed by atoms with Crippen LogP contribution in [0.4, 0.5) is 4.39 Å². The van der Waals surface area contributed by atoms with Gasteiger partial charge in [0.1, 0.15) is 17.5 Å². The standard InChI is InChI=1S/C22H24FN3O3/c1-22(2,3)18(21(28)29-4)25-20(27)17-13-26(19-16(17)6-5-11-24-19)12-14-7-9-15(23)10-8-14/h5-11,13,18H,12H2,1-4H3,(H,25,27)/t18-/m1/s1. The monoisotopic (exact) mass is 397 g/mol. The van der Waals surface area contributed by atoms with Crippen LogP contribution < -0.4 is 5.32 Å². The predicted molar refractivity (Wildman–Crippen MR) is 108 cm³/mol. The van der Waals surface area contributed by atoms with E-state index in [0.717, 1.165) is 5.56 Å². The quantitative estimate of drug-likeness (QED) is 0.669. The summed E-state index contributed by atoms with van der Waals surface area (Å²) in [7, 11) is 1.30. The molecule has 0 aliphatic rings. The SMILES string of the molecule is COC(=O)[C@@H](NC(=O)c1cn(Cc2ccc(F)cc2)c2ncccc12)C(C)(C)C.